The minimum atomic E-state index is 0.297. The predicted octanol–water partition coefficient (Wildman–Crippen LogP) is 4.60. The zero-order valence-corrected chi connectivity index (χ0v) is 14.0. The third-order valence-corrected chi connectivity index (χ3v) is 6.58. The second-order valence-electron chi connectivity index (χ2n) is 7.50. The van der Waals surface area contributed by atoms with Crippen molar-refractivity contribution in [2.45, 2.75) is 76.7 Å². The molecule has 0 aromatic carbocycles. The average molecular weight is 312 g/mol. The van der Waals surface area contributed by atoms with Gasteiger partial charge in [-0.1, -0.05) is 38.5 Å². The minimum Gasteiger partial charge on any atom is -0.338 e. The number of nitrogens with zero attached hydrogens (tertiary/aromatic N) is 1. The van der Waals surface area contributed by atoms with Crippen LogP contribution in [0.25, 0.3) is 0 Å². The molecule has 4 unspecified atom stereocenters. The SMILES string of the molecule is O=C(C1CCC2CCCCC2C1)N1CCCCCC1CCl. The second-order valence-corrected chi connectivity index (χ2v) is 7.81. The van der Waals surface area contributed by atoms with E-state index in [0.29, 0.717) is 23.7 Å². The fourth-order valence-corrected chi connectivity index (χ4v) is 5.28. The number of carbonyl (C=O) groups is 1. The van der Waals surface area contributed by atoms with Gasteiger partial charge in [-0.15, -0.1) is 11.6 Å². The molecule has 0 bridgehead atoms. The normalized spacial score (nSPS) is 37.7. The van der Waals surface area contributed by atoms with E-state index in [2.05, 4.69) is 4.90 Å². The van der Waals surface area contributed by atoms with E-state index in [1.165, 1.54) is 44.9 Å². The number of hydrogen-bond donors (Lipinski definition) is 0. The van der Waals surface area contributed by atoms with Crippen molar-refractivity contribution in [1.82, 2.24) is 4.90 Å². The van der Waals surface area contributed by atoms with Crippen molar-refractivity contribution in [2.75, 3.05) is 12.4 Å². The Labute approximate surface area is 134 Å². The van der Waals surface area contributed by atoms with Gasteiger partial charge in [0, 0.05) is 24.4 Å². The van der Waals surface area contributed by atoms with Gasteiger partial charge in [0.2, 0.25) is 5.91 Å². The molecule has 3 aliphatic rings. The van der Waals surface area contributed by atoms with Gasteiger partial charge < -0.3 is 4.90 Å². The first kappa shape index (κ1) is 15.6. The summed E-state index contributed by atoms with van der Waals surface area (Å²) in [7, 11) is 0. The lowest BCUT2D eigenvalue weighted by atomic mass is 9.67. The van der Waals surface area contributed by atoms with Crippen molar-refractivity contribution in [3.63, 3.8) is 0 Å². The van der Waals surface area contributed by atoms with Gasteiger partial charge >= 0.3 is 0 Å². The molecule has 4 atom stereocenters. The first-order chi connectivity index (χ1) is 10.3. The lowest BCUT2D eigenvalue weighted by Crippen LogP contribution is -2.46. The number of halogens is 1. The molecule has 3 heteroatoms. The van der Waals surface area contributed by atoms with Gasteiger partial charge in [0.15, 0.2) is 0 Å². The quantitative estimate of drug-likeness (QED) is 0.682. The summed E-state index contributed by atoms with van der Waals surface area (Å²) >= 11 is 6.15. The van der Waals surface area contributed by atoms with Gasteiger partial charge in [0.05, 0.1) is 0 Å². The van der Waals surface area contributed by atoms with E-state index in [9.17, 15) is 4.79 Å². The molecule has 2 nitrogen and oxygen atoms in total. The number of carbonyl (C=O) groups excluding carboxylic acids is 1. The van der Waals surface area contributed by atoms with Crippen LogP contribution >= 0.6 is 11.6 Å². The topological polar surface area (TPSA) is 20.3 Å². The molecule has 3 rings (SSSR count). The highest BCUT2D eigenvalue weighted by molar-refractivity contribution is 6.18. The van der Waals surface area contributed by atoms with Crippen molar-refractivity contribution in [2.24, 2.45) is 17.8 Å². The van der Waals surface area contributed by atoms with Crippen LogP contribution in [0.15, 0.2) is 0 Å². The molecule has 2 saturated carbocycles. The molecular formula is C18H30ClNO. The average Bonchev–Trinajstić information content (AvgIpc) is 2.79. The maximum absolute atomic E-state index is 13.0. The van der Waals surface area contributed by atoms with Crippen LogP contribution in [0, 0.1) is 17.8 Å². The van der Waals surface area contributed by atoms with Crippen LogP contribution in [0.2, 0.25) is 0 Å². The van der Waals surface area contributed by atoms with E-state index in [0.717, 1.165) is 44.1 Å². The van der Waals surface area contributed by atoms with Crippen LogP contribution in [0.5, 0.6) is 0 Å². The summed E-state index contributed by atoms with van der Waals surface area (Å²) in [6, 6.07) is 0.297. The van der Waals surface area contributed by atoms with Crippen molar-refractivity contribution in [3.05, 3.63) is 0 Å². The zero-order valence-electron chi connectivity index (χ0n) is 13.2. The summed E-state index contributed by atoms with van der Waals surface area (Å²) < 4.78 is 0. The zero-order chi connectivity index (χ0) is 14.7. The Morgan fingerprint density at radius 1 is 0.905 bits per heavy atom. The van der Waals surface area contributed by atoms with Crippen LogP contribution in [-0.4, -0.2) is 29.3 Å². The van der Waals surface area contributed by atoms with Gasteiger partial charge in [-0.05, 0) is 43.9 Å². The van der Waals surface area contributed by atoms with Crippen molar-refractivity contribution in [3.8, 4) is 0 Å². The molecular weight excluding hydrogens is 282 g/mol. The number of fused-ring (bicyclic) bond motifs is 1. The van der Waals surface area contributed by atoms with Gasteiger partial charge in [0.1, 0.15) is 0 Å². The number of likely N-dealkylation sites (tertiary alicyclic amines) is 1. The molecule has 0 radical (unpaired) electrons. The summed E-state index contributed by atoms with van der Waals surface area (Å²) in [5.41, 5.74) is 0. The smallest absolute Gasteiger partial charge is 0.225 e. The summed E-state index contributed by atoms with van der Waals surface area (Å²) in [6.07, 6.45) is 13.9. The molecule has 1 aliphatic heterocycles. The first-order valence-corrected chi connectivity index (χ1v) is 9.69. The third-order valence-electron chi connectivity index (χ3n) is 6.23. The van der Waals surface area contributed by atoms with Crippen LogP contribution in [-0.2, 0) is 4.79 Å². The fourth-order valence-electron chi connectivity index (χ4n) is 4.96. The molecule has 0 aromatic rings. The Bertz CT molecular complexity index is 359. The van der Waals surface area contributed by atoms with Gasteiger partial charge in [0.25, 0.3) is 0 Å². The summed E-state index contributed by atoms with van der Waals surface area (Å²) in [4.78, 5) is 15.2. The third kappa shape index (κ3) is 3.57. The van der Waals surface area contributed by atoms with Crippen LogP contribution in [0.4, 0.5) is 0 Å². The monoisotopic (exact) mass is 311 g/mol. The molecule has 21 heavy (non-hydrogen) atoms. The van der Waals surface area contributed by atoms with Gasteiger partial charge in [-0.25, -0.2) is 0 Å². The van der Waals surface area contributed by atoms with Crippen molar-refractivity contribution >= 4 is 17.5 Å². The summed E-state index contributed by atoms with van der Waals surface area (Å²) in [5.74, 6) is 3.11. The summed E-state index contributed by atoms with van der Waals surface area (Å²) in [6.45, 7) is 0.945. The predicted molar refractivity (Wildman–Crippen MR) is 87.5 cm³/mol. The lowest BCUT2D eigenvalue weighted by Gasteiger charge is -2.41. The Kier molecular flexibility index (Phi) is 5.48. The van der Waals surface area contributed by atoms with Crippen LogP contribution in [0.1, 0.15) is 70.6 Å². The molecule has 0 spiro atoms. The molecule has 120 valence electrons. The molecule has 1 heterocycles. The number of amides is 1. The van der Waals surface area contributed by atoms with Gasteiger partial charge in [-0.3, -0.25) is 4.79 Å². The standard InChI is InChI=1S/C18H30ClNO/c19-13-17-8-2-1-5-11-20(17)18(21)16-10-9-14-6-3-4-7-15(14)12-16/h14-17H,1-13H2. The summed E-state index contributed by atoms with van der Waals surface area (Å²) in [5, 5.41) is 0. The second kappa shape index (κ2) is 7.35. The highest BCUT2D eigenvalue weighted by Gasteiger charge is 2.38. The Morgan fingerprint density at radius 2 is 1.67 bits per heavy atom. The number of rotatable bonds is 2. The molecule has 3 fully saturated rings. The number of hydrogen-bond acceptors (Lipinski definition) is 1. The highest BCUT2D eigenvalue weighted by Crippen LogP contribution is 2.43. The van der Waals surface area contributed by atoms with Crippen molar-refractivity contribution < 1.29 is 4.79 Å². The lowest BCUT2D eigenvalue weighted by molar-refractivity contribution is -0.139. The number of alkyl halides is 1. The van der Waals surface area contributed by atoms with E-state index < -0.39 is 0 Å². The highest BCUT2D eigenvalue weighted by atomic mass is 35.5. The van der Waals surface area contributed by atoms with E-state index in [1.807, 2.05) is 0 Å². The molecule has 1 amide bonds. The Balaban J connectivity index is 1.63. The van der Waals surface area contributed by atoms with E-state index in [1.54, 1.807) is 0 Å². The Morgan fingerprint density at radius 3 is 2.48 bits per heavy atom. The van der Waals surface area contributed by atoms with Gasteiger partial charge in [-0.2, -0.15) is 0 Å². The maximum atomic E-state index is 13.0. The minimum absolute atomic E-state index is 0.297. The molecule has 1 saturated heterocycles. The molecule has 2 aliphatic carbocycles. The van der Waals surface area contributed by atoms with Crippen molar-refractivity contribution in [1.29, 1.82) is 0 Å². The Hall–Kier alpha value is -0.240. The maximum Gasteiger partial charge on any atom is 0.225 e. The van der Waals surface area contributed by atoms with E-state index >= 15 is 0 Å². The van der Waals surface area contributed by atoms with E-state index in [4.69, 9.17) is 11.6 Å². The molecule has 0 N–H and O–H groups in total. The van der Waals surface area contributed by atoms with Crippen LogP contribution < -0.4 is 0 Å². The van der Waals surface area contributed by atoms with Crippen LogP contribution in [0.3, 0.4) is 0 Å². The largest absolute Gasteiger partial charge is 0.338 e. The first-order valence-electron chi connectivity index (χ1n) is 9.16. The fraction of sp³-hybridized carbons (Fsp3) is 0.944. The molecule has 0 aromatic heterocycles. The van der Waals surface area contributed by atoms with E-state index in [-0.39, 0.29) is 0 Å².